The Kier molecular flexibility index (Phi) is 3.64. The third-order valence-electron chi connectivity index (χ3n) is 3.17. The van der Waals surface area contributed by atoms with Crippen LogP contribution in [0.5, 0.6) is 5.75 Å². The topological polar surface area (TPSA) is 26.3 Å². The van der Waals surface area contributed by atoms with Gasteiger partial charge in [0.05, 0.1) is 17.1 Å². The van der Waals surface area contributed by atoms with Crippen molar-refractivity contribution in [3.05, 3.63) is 27.2 Å². The summed E-state index contributed by atoms with van der Waals surface area (Å²) in [7, 11) is 1.61. The van der Waals surface area contributed by atoms with E-state index in [0.717, 1.165) is 29.2 Å². The molecule has 16 heavy (non-hydrogen) atoms. The van der Waals surface area contributed by atoms with E-state index >= 15 is 0 Å². The fourth-order valence-corrected chi connectivity index (χ4v) is 3.04. The first-order chi connectivity index (χ1) is 7.77. The van der Waals surface area contributed by atoms with Gasteiger partial charge in [0.15, 0.2) is 6.29 Å². The van der Waals surface area contributed by atoms with E-state index in [1.54, 1.807) is 7.11 Å². The van der Waals surface area contributed by atoms with Crippen LogP contribution in [0.15, 0.2) is 10.5 Å². The van der Waals surface area contributed by atoms with Crippen LogP contribution in [0.2, 0.25) is 0 Å². The Bertz CT molecular complexity index is 413. The minimum atomic E-state index is 0.677. The number of carbonyl (C=O) groups excluding carboxylic acids is 1. The maximum atomic E-state index is 11.2. The molecule has 2 nitrogen and oxygen atoms in total. The first-order valence-corrected chi connectivity index (χ1v) is 6.40. The van der Waals surface area contributed by atoms with E-state index < -0.39 is 0 Å². The van der Waals surface area contributed by atoms with Gasteiger partial charge in [0.25, 0.3) is 0 Å². The molecule has 1 aromatic rings. The molecule has 0 aliphatic heterocycles. The molecule has 1 aliphatic carbocycles. The molecule has 0 amide bonds. The van der Waals surface area contributed by atoms with Crippen LogP contribution in [0, 0.1) is 0 Å². The molecule has 3 heteroatoms. The Morgan fingerprint density at radius 3 is 2.75 bits per heavy atom. The Balaban J connectivity index is 2.61. The molecule has 0 unspecified atom stereocenters. The lowest BCUT2D eigenvalue weighted by atomic mass is 9.97. The average Bonchev–Trinajstić information content (AvgIpc) is 2.52. The fourth-order valence-electron chi connectivity index (χ4n) is 2.39. The van der Waals surface area contributed by atoms with Crippen molar-refractivity contribution in [1.82, 2.24) is 0 Å². The number of carbonyl (C=O) groups is 1. The van der Waals surface area contributed by atoms with Crippen molar-refractivity contribution in [2.45, 2.75) is 32.1 Å². The van der Waals surface area contributed by atoms with Crippen molar-refractivity contribution < 1.29 is 9.53 Å². The molecule has 0 saturated carbocycles. The Morgan fingerprint density at radius 2 is 2.06 bits per heavy atom. The smallest absolute Gasteiger partial charge is 0.154 e. The zero-order valence-electron chi connectivity index (χ0n) is 9.38. The van der Waals surface area contributed by atoms with E-state index in [4.69, 9.17) is 4.74 Å². The second-order valence-electron chi connectivity index (χ2n) is 4.12. The largest absolute Gasteiger partial charge is 0.495 e. The van der Waals surface area contributed by atoms with Crippen molar-refractivity contribution in [2.24, 2.45) is 0 Å². The molecule has 0 N–H and O–H groups in total. The van der Waals surface area contributed by atoms with Gasteiger partial charge in [-0.2, -0.15) is 0 Å². The summed E-state index contributed by atoms with van der Waals surface area (Å²) in [5.74, 6) is 0.677. The van der Waals surface area contributed by atoms with Gasteiger partial charge in [0, 0.05) is 0 Å². The zero-order valence-corrected chi connectivity index (χ0v) is 11.0. The molecule has 0 radical (unpaired) electrons. The predicted octanol–water partition coefficient (Wildman–Crippen LogP) is 3.54. The molecule has 0 heterocycles. The Labute approximate surface area is 104 Å². The van der Waals surface area contributed by atoms with Gasteiger partial charge in [-0.25, -0.2) is 0 Å². The second kappa shape index (κ2) is 5.00. The van der Waals surface area contributed by atoms with Crippen LogP contribution >= 0.6 is 15.9 Å². The van der Waals surface area contributed by atoms with Gasteiger partial charge in [-0.05, 0) is 58.8 Å². The highest BCUT2D eigenvalue weighted by molar-refractivity contribution is 9.10. The van der Waals surface area contributed by atoms with Crippen LogP contribution in [-0.4, -0.2) is 13.4 Å². The lowest BCUT2D eigenvalue weighted by Crippen LogP contribution is -2.02. The quantitative estimate of drug-likeness (QED) is 0.613. The Hall–Kier alpha value is -0.830. The number of ether oxygens (including phenoxy) is 1. The second-order valence-corrected chi connectivity index (χ2v) is 4.98. The van der Waals surface area contributed by atoms with Gasteiger partial charge in [0.1, 0.15) is 5.75 Å². The third-order valence-corrected chi connectivity index (χ3v) is 3.76. The molecular formula is C13H15BrO2. The molecular weight excluding hydrogens is 268 g/mol. The highest BCUT2D eigenvalue weighted by atomic mass is 79.9. The summed E-state index contributed by atoms with van der Waals surface area (Å²) in [6.07, 6.45) is 6.61. The molecule has 0 atom stereocenters. The lowest BCUT2D eigenvalue weighted by Gasteiger charge is -2.14. The minimum absolute atomic E-state index is 0.677. The molecule has 1 aliphatic rings. The van der Waals surface area contributed by atoms with E-state index in [9.17, 15) is 4.79 Å². The molecule has 86 valence electrons. The molecule has 0 aromatic heterocycles. The van der Waals surface area contributed by atoms with Crippen molar-refractivity contribution in [1.29, 1.82) is 0 Å². The van der Waals surface area contributed by atoms with Crippen LogP contribution in [0.3, 0.4) is 0 Å². The number of aldehydes is 1. The van der Waals surface area contributed by atoms with Gasteiger partial charge < -0.3 is 4.74 Å². The number of benzene rings is 1. The minimum Gasteiger partial charge on any atom is -0.495 e. The van der Waals surface area contributed by atoms with E-state index in [0.29, 0.717) is 5.75 Å². The summed E-state index contributed by atoms with van der Waals surface area (Å²) in [5.41, 5.74) is 3.22. The van der Waals surface area contributed by atoms with Crippen molar-refractivity contribution in [2.75, 3.05) is 7.11 Å². The number of halogens is 1. The Morgan fingerprint density at radius 1 is 1.31 bits per heavy atom. The molecule has 2 rings (SSSR count). The van der Waals surface area contributed by atoms with Gasteiger partial charge >= 0.3 is 0 Å². The third kappa shape index (κ3) is 2.01. The van der Waals surface area contributed by atoms with E-state index in [1.165, 1.54) is 30.4 Å². The summed E-state index contributed by atoms with van der Waals surface area (Å²) in [4.78, 5) is 11.2. The molecule has 0 spiro atoms. The monoisotopic (exact) mass is 282 g/mol. The summed E-state index contributed by atoms with van der Waals surface area (Å²) < 4.78 is 6.18. The summed E-state index contributed by atoms with van der Waals surface area (Å²) in [6, 6.07) is 2.10. The number of hydrogen-bond acceptors (Lipinski definition) is 2. The SMILES string of the molecule is COc1c(Br)cc2c(c1C=O)CCCCC2. The number of methoxy groups -OCH3 is 1. The molecule has 1 aromatic carbocycles. The first-order valence-electron chi connectivity index (χ1n) is 5.61. The summed E-state index contributed by atoms with van der Waals surface area (Å²) >= 11 is 3.47. The highest BCUT2D eigenvalue weighted by Crippen LogP contribution is 2.35. The van der Waals surface area contributed by atoms with Crippen molar-refractivity contribution in [3.63, 3.8) is 0 Å². The van der Waals surface area contributed by atoms with Crippen molar-refractivity contribution in [3.8, 4) is 5.75 Å². The van der Waals surface area contributed by atoms with E-state index in [2.05, 4.69) is 22.0 Å². The first kappa shape index (κ1) is 11.6. The van der Waals surface area contributed by atoms with Gasteiger partial charge in [-0.15, -0.1) is 0 Å². The van der Waals surface area contributed by atoms with Crippen molar-refractivity contribution >= 4 is 22.2 Å². The summed E-state index contributed by atoms with van der Waals surface area (Å²) in [6.45, 7) is 0. The number of fused-ring (bicyclic) bond motifs is 1. The van der Waals surface area contributed by atoms with Crippen LogP contribution in [0.1, 0.15) is 40.7 Å². The maximum Gasteiger partial charge on any atom is 0.154 e. The molecule has 0 bridgehead atoms. The van der Waals surface area contributed by atoms with Crippen LogP contribution < -0.4 is 4.74 Å². The predicted molar refractivity (Wildman–Crippen MR) is 67.3 cm³/mol. The van der Waals surface area contributed by atoms with Gasteiger partial charge in [-0.3, -0.25) is 4.79 Å². The van der Waals surface area contributed by atoms with Gasteiger partial charge in [0.2, 0.25) is 0 Å². The number of hydrogen-bond donors (Lipinski definition) is 0. The van der Waals surface area contributed by atoms with E-state index in [-0.39, 0.29) is 0 Å². The maximum absolute atomic E-state index is 11.2. The summed E-state index contributed by atoms with van der Waals surface area (Å²) in [5, 5.41) is 0. The number of rotatable bonds is 2. The van der Waals surface area contributed by atoms with E-state index in [1.807, 2.05) is 0 Å². The van der Waals surface area contributed by atoms with Crippen LogP contribution in [0.4, 0.5) is 0 Å². The van der Waals surface area contributed by atoms with Crippen LogP contribution in [-0.2, 0) is 12.8 Å². The molecule has 0 fully saturated rings. The normalized spacial score (nSPS) is 15.1. The average molecular weight is 283 g/mol. The molecule has 0 saturated heterocycles. The lowest BCUT2D eigenvalue weighted by molar-refractivity contribution is 0.111. The highest BCUT2D eigenvalue weighted by Gasteiger charge is 2.18. The number of aryl methyl sites for hydroxylation is 1. The van der Waals surface area contributed by atoms with Crippen LogP contribution in [0.25, 0.3) is 0 Å². The standard InChI is InChI=1S/C13H15BrO2/c1-16-13-11(8-15)10-6-4-2-3-5-9(10)7-12(13)14/h7-8H,2-6H2,1H3. The van der Waals surface area contributed by atoms with Gasteiger partial charge in [-0.1, -0.05) is 6.42 Å². The fraction of sp³-hybridized carbons (Fsp3) is 0.462. The zero-order chi connectivity index (χ0) is 11.5.